The zero-order chi connectivity index (χ0) is 22.2. The average molecular weight is 452 g/mol. The van der Waals surface area contributed by atoms with E-state index in [1.807, 2.05) is 0 Å². The topological polar surface area (TPSA) is 89.2 Å². The Bertz CT molecular complexity index is 1220. The predicted molar refractivity (Wildman–Crippen MR) is 115 cm³/mol. The average Bonchev–Trinajstić information content (AvgIpc) is 3.41. The highest BCUT2D eigenvalue weighted by molar-refractivity contribution is 6.46. The van der Waals surface area contributed by atoms with Gasteiger partial charge in [0.2, 0.25) is 0 Å². The van der Waals surface area contributed by atoms with Crippen LogP contribution in [0.2, 0.25) is 5.02 Å². The monoisotopic (exact) mass is 451 g/mol. The number of likely N-dealkylation sites (tertiary alicyclic amines) is 1. The summed E-state index contributed by atoms with van der Waals surface area (Å²) in [5, 5.41) is 11.7. The maximum absolute atomic E-state index is 13.1. The van der Waals surface area contributed by atoms with Crippen molar-refractivity contribution in [3.8, 4) is 11.5 Å². The van der Waals surface area contributed by atoms with E-state index in [2.05, 4.69) is 0 Å². The van der Waals surface area contributed by atoms with Crippen LogP contribution in [0.1, 0.15) is 22.9 Å². The van der Waals surface area contributed by atoms with Crippen molar-refractivity contribution in [2.24, 2.45) is 0 Å². The quantitative estimate of drug-likeness (QED) is 0.361. The maximum atomic E-state index is 13.1. The van der Waals surface area contributed by atoms with Gasteiger partial charge in [-0.25, -0.2) is 0 Å². The fourth-order valence-corrected chi connectivity index (χ4v) is 4.08. The highest BCUT2D eigenvalue weighted by Crippen LogP contribution is 2.42. The van der Waals surface area contributed by atoms with Gasteiger partial charge in [0, 0.05) is 10.6 Å². The SMILES string of the molecule is O=C1C(=O)N(Cc2ccco2)C(c2ccc(Cl)cc2)/C1=C(\O)c1ccc2c(c1)OCCO2. The Balaban J connectivity index is 1.63. The molecule has 0 saturated carbocycles. The number of fused-ring (bicyclic) bond motifs is 1. The summed E-state index contributed by atoms with van der Waals surface area (Å²) in [6.07, 6.45) is 1.50. The van der Waals surface area contributed by atoms with Gasteiger partial charge in [-0.1, -0.05) is 23.7 Å². The maximum Gasteiger partial charge on any atom is 0.296 e. The van der Waals surface area contributed by atoms with E-state index in [0.29, 0.717) is 46.6 Å². The van der Waals surface area contributed by atoms with Crippen LogP contribution in [0.3, 0.4) is 0 Å². The van der Waals surface area contributed by atoms with Crippen LogP contribution >= 0.6 is 11.6 Å². The first kappa shape index (κ1) is 20.2. The van der Waals surface area contributed by atoms with Crippen molar-refractivity contribution in [3.05, 3.63) is 88.3 Å². The molecule has 0 radical (unpaired) electrons. The Hall–Kier alpha value is -3.71. The number of hydrogen-bond donors (Lipinski definition) is 1. The van der Waals surface area contributed by atoms with Gasteiger partial charge in [0.15, 0.2) is 11.5 Å². The fraction of sp³-hybridized carbons (Fsp3) is 0.167. The number of rotatable bonds is 4. The van der Waals surface area contributed by atoms with E-state index >= 15 is 0 Å². The predicted octanol–water partition coefficient (Wildman–Crippen LogP) is 4.33. The Morgan fingerprint density at radius 3 is 2.50 bits per heavy atom. The summed E-state index contributed by atoms with van der Waals surface area (Å²) in [5.41, 5.74) is 0.976. The van der Waals surface area contributed by atoms with Gasteiger partial charge in [-0.15, -0.1) is 0 Å². The number of ketones is 1. The summed E-state index contributed by atoms with van der Waals surface area (Å²) in [7, 11) is 0. The van der Waals surface area contributed by atoms with Crippen LogP contribution in [0, 0.1) is 0 Å². The lowest BCUT2D eigenvalue weighted by atomic mass is 9.95. The molecule has 3 heterocycles. The van der Waals surface area contributed by atoms with Crippen molar-refractivity contribution >= 4 is 29.1 Å². The van der Waals surface area contributed by atoms with Gasteiger partial charge in [-0.2, -0.15) is 0 Å². The first-order valence-corrected chi connectivity index (χ1v) is 10.4. The third-order valence-electron chi connectivity index (χ3n) is 5.45. The molecule has 1 N–H and O–H groups in total. The lowest BCUT2D eigenvalue weighted by molar-refractivity contribution is -0.140. The molecule has 3 aromatic rings. The molecule has 0 bridgehead atoms. The number of benzene rings is 2. The molecule has 8 heteroatoms. The first-order chi connectivity index (χ1) is 15.5. The molecule has 1 unspecified atom stereocenters. The molecule has 2 aromatic carbocycles. The third-order valence-corrected chi connectivity index (χ3v) is 5.70. The van der Waals surface area contributed by atoms with Crippen molar-refractivity contribution in [1.82, 2.24) is 4.90 Å². The van der Waals surface area contributed by atoms with E-state index in [4.69, 9.17) is 25.5 Å². The van der Waals surface area contributed by atoms with E-state index in [-0.39, 0.29) is 17.9 Å². The highest BCUT2D eigenvalue weighted by atomic mass is 35.5. The van der Waals surface area contributed by atoms with Gasteiger partial charge in [-0.3, -0.25) is 9.59 Å². The minimum absolute atomic E-state index is 0.0134. The van der Waals surface area contributed by atoms with Crippen LogP contribution in [0.15, 0.2) is 70.9 Å². The number of halogens is 1. The number of hydrogen-bond acceptors (Lipinski definition) is 6. The second kappa shape index (κ2) is 8.09. The molecule has 0 aliphatic carbocycles. The van der Waals surface area contributed by atoms with Gasteiger partial charge in [-0.05, 0) is 48.0 Å². The Kier molecular flexibility index (Phi) is 5.11. The van der Waals surface area contributed by atoms with Crippen LogP contribution in [0.5, 0.6) is 11.5 Å². The fourth-order valence-electron chi connectivity index (χ4n) is 3.95. The van der Waals surface area contributed by atoms with Crippen molar-refractivity contribution < 1.29 is 28.6 Å². The lowest BCUT2D eigenvalue weighted by Crippen LogP contribution is -2.29. The van der Waals surface area contributed by atoms with Crippen LogP contribution in [0.25, 0.3) is 5.76 Å². The van der Waals surface area contributed by atoms with Gasteiger partial charge in [0.25, 0.3) is 11.7 Å². The molecule has 1 saturated heterocycles. The van der Waals surface area contributed by atoms with Crippen molar-refractivity contribution in [1.29, 1.82) is 0 Å². The number of aliphatic hydroxyl groups is 1. The minimum atomic E-state index is -0.814. The van der Waals surface area contributed by atoms with Crippen molar-refractivity contribution in [2.75, 3.05) is 13.2 Å². The minimum Gasteiger partial charge on any atom is -0.507 e. The zero-order valence-electron chi connectivity index (χ0n) is 16.8. The van der Waals surface area contributed by atoms with Crippen LogP contribution in [0.4, 0.5) is 0 Å². The van der Waals surface area contributed by atoms with Gasteiger partial charge >= 0.3 is 0 Å². The molecule has 1 atom stereocenters. The van der Waals surface area contributed by atoms with Gasteiger partial charge in [0.05, 0.1) is 24.4 Å². The molecule has 2 aliphatic rings. The molecule has 32 heavy (non-hydrogen) atoms. The number of Topliss-reactive ketones (excluding diaryl/α,β-unsaturated/α-hetero) is 1. The number of amides is 1. The molecule has 162 valence electrons. The number of carbonyl (C=O) groups excluding carboxylic acids is 2. The number of ether oxygens (including phenoxy) is 2. The molecule has 5 rings (SSSR count). The molecule has 1 fully saturated rings. The molecular weight excluding hydrogens is 434 g/mol. The van der Waals surface area contributed by atoms with Crippen LogP contribution in [-0.2, 0) is 16.1 Å². The Morgan fingerprint density at radius 2 is 1.78 bits per heavy atom. The molecular formula is C24H18ClNO6. The largest absolute Gasteiger partial charge is 0.507 e. The summed E-state index contributed by atoms with van der Waals surface area (Å²) in [4.78, 5) is 27.4. The Morgan fingerprint density at radius 1 is 1.03 bits per heavy atom. The lowest BCUT2D eigenvalue weighted by Gasteiger charge is -2.24. The third kappa shape index (κ3) is 3.50. The number of nitrogens with zero attached hydrogens (tertiary/aromatic N) is 1. The van der Waals surface area contributed by atoms with Crippen LogP contribution in [-0.4, -0.2) is 34.9 Å². The van der Waals surface area contributed by atoms with E-state index < -0.39 is 17.7 Å². The van der Waals surface area contributed by atoms with E-state index in [9.17, 15) is 14.7 Å². The van der Waals surface area contributed by atoms with Gasteiger partial charge in [0.1, 0.15) is 24.7 Å². The summed E-state index contributed by atoms with van der Waals surface area (Å²) < 4.78 is 16.5. The molecule has 1 amide bonds. The zero-order valence-corrected chi connectivity index (χ0v) is 17.5. The number of furan rings is 1. The standard InChI is InChI=1S/C24H18ClNO6/c25-16-6-3-14(4-7-16)21-20(23(28)24(29)26(21)13-17-2-1-9-30-17)22(27)15-5-8-18-19(12-15)32-11-10-31-18/h1-9,12,21,27H,10-11,13H2/b22-20+. The number of carbonyl (C=O) groups is 2. The first-order valence-electron chi connectivity index (χ1n) is 9.99. The van der Waals surface area contributed by atoms with Crippen molar-refractivity contribution in [3.63, 3.8) is 0 Å². The smallest absolute Gasteiger partial charge is 0.296 e. The van der Waals surface area contributed by atoms with E-state index in [1.54, 1.807) is 54.6 Å². The summed E-state index contributed by atoms with van der Waals surface area (Å²) in [6.45, 7) is 0.894. The molecule has 7 nitrogen and oxygen atoms in total. The van der Waals surface area contributed by atoms with Gasteiger partial charge < -0.3 is 23.9 Å². The second-order valence-corrected chi connectivity index (χ2v) is 7.85. The normalized spacial score (nSPS) is 19.4. The molecule has 2 aliphatic heterocycles. The van der Waals surface area contributed by atoms with Crippen LogP contribution < -0.4 is 9.47 Å². The highest BCUT2D eigenvalue weighted by Gasteiger charge is 2.46. The molecule has 0 spiro atoms. The summed E-state index contributed by atoms with van der Waals surface area (Å²) >= 11 is 6.04. The van der Waals surface area contributed by atoms with Crippen molar-refractivity contribution in [2.45, 2.75) is 12.6 Å². The molecule has 1 aromatic heterocycles. The Labute approximate surface area is 188 Å². The summed E-state index contributed by atoms with van der Waals surface area (Å²) in [6, 6.07) is 14.3. The summed E-state index contributed by atoms with van der Waals surface area (Å²) in [5.74, 6) is -0.245. The van der Waals surface area contributed by atoms with E-state index in [0.717, 1.165) is 0 Å². The second-order valence-electron chi connectivity index (χ2n) is 7.42. The van der Waals surface area contributed by atoms with E-state index in [1.165, 1.54) is 11.2 Å². The number of aliphatic hydroxyl groups excluding tert-OH is 1.